The number of anilines is 1. The first kappa shape index (κ1) is 15.7. The van der Waals surface area contributed by atoms with Gasteiger partial charge in [0.15, 0.2) is 22.8 Å². The Morgan fingerprint density at radius 1 is 1.31 bits per heavy atom. The molecular weight excluding hydrogens is 350 g/mol. The zero-order valence-corrected chi connectivity index (χ0v) is 15.5. The van der Waals surface area contributed by atoms with Crippen LogP contribution < -0.4 is 24.4 Å². The fraction of sp³-hybridized carbons (Fsp3) is 0.316. The molecule has 0 fully saturated rings. The molecule has 0 aliphatic carbocycles. The maximum absolute atomic E-state index is 5.76. The lowest BCUT2D eigenvalue weighted by Crippen LogP contribution is -3.11. The summed E-state index contributed by atoms with van der Waals surface area (Å²) in [6.45, 7) is 1.27. The Labute approximate surface area is 155 Å². The van der Waals surface area contributed by atoms with Crippen molar-refractivity contribution in [1.82, 2.24) is 4.98 Å². The first-order valence-electron chi connectivity index (χ1n) is 8.68. The Morgan fingerprint density at radius 3 is 3.04 bits per heavy atom. The fourth-order valence-electron chi connectivity index (χ4n) is 3.78. The summed E-state index contributed by atoms with van der Waals surface area (Å²) in [4.78, 5) is 6.11. The minimum atomic E-state index is 0.0452. The molecule has 0 bridgehead atoms. The number of fused-ring (bicyclic) bond motifs is 3. The lowest BCUT2D eigenvalue weighted by atomic mass is 9.95. The lowest BCUT2D eigenvalue weighted by molar-refractivity contribution is -0.910. The average molecular weight is 370 g/mol. The molecular formula is C19H20N3O3S+. The predicted octanol–water partition coefficient (Wildman–Crippen LogP) is 2.22. The van der Waals surface area contributed by atoms with Crippen LogP contribution >= 0.6 is 11.3 Å². The minimum Gasteiger partial charge on any atom is -0.492 e. The van der Waals surface area contributed by atoms with Gasteiger partial charge in [0.1, 0.15) is 0 Å². The number of hydrogen-bond donors (Lipinski definition) is 2. The van der Waals surface area contributed by atoms with Crippen molar-refractivity contribution in [2.75, 3.05) is 32.8 Å². The van der Waals surface area contributed by atoms with Crippen molar-refractivity contribution >= 4 is 26.7 Å². The number of para-hydroxylation sites is 1. The number of rotatable bonds is 3. The zero-order valence-electron chi connectivity index (χ0n) is 14.7. The number of nitrogens with one attached hydrogen (secondary N) is 2. The van der Waals surface area contributed by atoms with E-state index in [0.29, 0.717) is 5.75 Å². The molecule has 26 heavy (non-hydrogen) atoms. The van der Waals surface area contributed by atoms with E-state index in [2.05, 4.69) is 24.5 Å². The number of nitrogens with zero attached hydrogens (tertiary/aromatic N) is 1. The Balaban J connectivity index is 1.59. The number of quaternary nitrogens is 1. The summed E-state index contributed by atoms with van der Waals surface area (Å²) in [5, 5.41) is 4.56. The van der Waals surface area contributed by atoms with Crippen LogP contribution in [0, 0.1) is 0 Å². The van der Waals surface area contributed by atoms with Crippen LogP contribution in [0.1, 0.15) is 17.3 Å². The van der Waals surface area contributed by atoms with Gasteiger partial charge >= 0.3 is 0 Å². The molecule has 1 unspecified atom stereocenters. The van der Waals surface area contributed by atoms with E-state index >= 15 is 0 Å². The maximum atomic E-state index is 5.76. The van der Waals surface area contributed by atoms with Crippen molar-refractivity contribution in [3.05, 3.63) is 41.5 Å². The first-order chi connectivity index (χ1) is 12.7. The number of aromatic nitrogens is 1. The molecule has 2 aromatic carbocycles. The summed E-state index contributed by atoms with van der Waals surface area (Å²) in [7, 11) is 3.88. The minimum absolute atomic E-state index is 0.0452. The molecule has 3 heterocycles. The molecule has 2 aliphatic heterocycles. The van der Waals surface area contributed by atoms with Gasteiger partial charge in [-0.25, -0.2) is 4.98 Å². The van der Waals surface area contributed by atoms with Crippen LogP contribution in [0.2, 0.25) is 0 Å². The Morgan fingerprint density at radius 2 is 2.19 bits per heavy atom. The average Bonchev–Trinajstić information content (AvgIpc) is 3.28. The molecule has 0 radical (unpaired) electrons. The van der Waals surface area contributed by atoms with Crippen molar-refractivity contribution in [2.24, 2.45) is 0 Å². The standard InChI is InChI=1S/C19H19N3O3S/c1-22-8-7-11-9-13-16(25-10-24-13)17(23-2)15(11)18(22)21-19-20-12-5-3-4-6-14(12)26-19/h3-6,9,18H,7-8,10H2,1-2H3,(H,20,21)/p+1/t18-/m1/s1. The molecule has 2 atom stereocenters. The normalized spacial score (nSPS) is 20.8. The van der Waals surface area contributed by atoms with Crippen LogP contribution in [0.5, 0.6) is 17.2 Å². The molecule has 0 amide bonds. The highest BCUT2D eigenvalue weighted by molar-refractivity contribution is 7.22. The summed E-state index contributed by atoms with van der Waals surface area (Å²) >= 11 is 1.67. The van der Waals surface area contributed by atoms with Gasteiger partial charge in [0, 0.05) is 6.42 Å². The highest BCUT2D eigenvalue weighted by Gasteiger charge is 2.37. The van der Waals surface area contributed by atoms with Gasteiger partial charge in [-0.2, -0.15) is 0 Å². The summed E-state index contributed by atoms with van der Waals surface area (Å²) in [6.07, 6.45) is 1.02. The SMILES string of the molecule is COc1c2c(cc3c1[C@H](Nc1nc4ccccc4s1)[NH+](C)CC3)OCO2. The second-order valence-corrected chi connectivity index (χ2v) is 7.66. The van der Waals surface area contributed by atoms with E-state index in [-0.39, 0.29) is 13.0 Å². The monoisotopic (exact) mass is 370 g/mol. The quantitative estimate of drug-likeness (QED) is 0.740. The molecule has 5 rings (SSSR count). The molecule has 134 valence electrons. The van der Waals surface area contributed by atoms with Gasteiger partial charge in [0.25, 0.3) is 0 Å². The topological polar surface area (TPSA) is 57.0 Å². The van der Waals surface area contributed by atoms with E-state index in [4.69, 9.17) is 19.2 Å². The Kier molecular flexibility index (Phi) is 3.65. The van der Waals surface area contributed by atoms with E-state index in [1.165, 1.54) is 15.2 Å². The van der Waals surface area contributed by atoms with Gasteiger partial charge in [0.05, 0.1) is 36.5 Å². The van der Waals surface area contributed by atoms with Crippen molar-refractivity contribution in [1.29, 1.82) is 0 Å². The summed E-state index contributed by atoms with van der Waals surface area (Å²) in [6, 6.07) is 10.3. The van der Waals surface area contributed by atoms with Crippen molar-refractivity contribution < 1.29 is 19.1 Å². The van der Waals surface area contributed by atoms with E-state index in [0.717, 1.165) is 40.7 Å². The third-order valence-corrected chi connectivity index (χ3v) is 6.05. The van der Waals surface area contributed by atoms with E-state index < -0.39 is 0 Å². The molecule has 3 aromatic rings. The van der Waals surface area contributed by atoms with Crippen LogP contribution in [0.4, 0.5) is 5.13 Å². The molecule has 7 heteroatoms. The molecule has 0 saturated carbocycles. The van der Waals surface area contributed by atoms with Crippen LogP contribution in [-0.2, 0) is 6.42 Å². The first-order valence-corrected chi connectivity index (χ1v) is 9.50. The molecule has 2 N–H and O–H groups in total. The van der Waals surface area contributed by atoms with E-state index in [1.807, 2.05) is 18.2 Å². The third-order valence-electron chi connectivity index (χ3n) is 5.08. The Bertz CT molecular complexity index is 955. The molecule has 0 saturated heterocycles. The summed E-state index contributed by atoms with van der Waals surface area (Å²) in [5.41, 5.74) is 3.40. The van der Waals surface area contributed by atoms with Gasteiger partial charge in [0.2, 0.25) is 12.5 Å². The number of hydrogen-bond acceptors (Lipinski definition) is 6. The lowest BCUT2D eigenvalue weighted by Gasteiger charge is -2.33. The molecule has 0 spiro atoms. The van der Waals surface area contributed by atoms with Gasteiger partial charge < -0.3 is 24.4 Å². The number of thiazole rings is 1. The second-order valence-electron chi connectivity index (χ2n) is 6.63. The van der Waals surface area contributed by atoms with Crippen molar-refractivity contribution in [3.8, 4) is 17.2 Å². The van der Waals surface area contributed by atoms with Crippen molar-refractivity contribution in [3.63, 3.8) is 0 Å². The highest BCUT2D eigenvalue weighted by atomic mass is 32.1. The smallest absolute Gasteiger partial charge is 0.231 e. The number of ether oxygens (including phenoxy) is 3. The summed E-state index contributed by atoms with van der Waals surface area (Å²) < 4.78 is 18.2. The third kappa shape index (κ3) is 2.39. The highest BCUT2D eigenvalue weighted by Crippen LogP contribution is 2.47. The predicted molar refractivity (Wildman–Crippen MR) is 101 cm³/mol. The number of benzene rings is 2. The maximum Gasteiger partial charge on any atom is 0.231 e. The van der Waals surface area contributed by atoms with Gasteiger partial charge in [-0.3, -0.25) is 0 Å². The number of methoxy groups -OCH3 is 1. The van der Waals surface area contributed by atoms with Crippen LogP contribution in [-0.4, -0.2) is 32.5 Å². The molecule has 2 aliphatic rings. The summed E-state index contributed by atoms with van der Waals surface area (Å²) in [5.74, 6) is 2.25. The number of likely N-dealkylation sites (N-methyl/N-ethyl adjacent to an activating group) is 1. The van der Waals surface area contributed by atoms with E-state index in [9.17, 15) is 0 Å². The fourth-order valence-corrected chi connectivity index (χ4v) is 4.67. The van der Waals surface area contributed by atoms with Crippen LogP contribution in [0.25, 0.3) is 10.2 Å². The van der Waals surface area contributed by atoms with Gasteiger partial charge in [-0.1, -0.05) is 23.5 Å². The van der Waals surface area contributed by atoms with Crippen molar-refractivity contribution in [2.45, 2.75) is 12.6 Å². The second kappa shape index (κ2) is 6.03. The van der Waals surface area contributed by atoms with Crippen LogP contribution in [0.3, 0.4) is 0 Å². The molecule has 1 aromatic heterocycles. The van der Waals surface area contributed by atoms with Gasteiger partial charge in [-0.15, -0.1) is 0 Å². The van der Waals surface area contributed by atoms with Crippen LogP contribution in [0.15, 0.2) is 30.3 Å². The zero-order chi connectivity index (χ0) is 17.7. The largest absolute Gasteiger partial charge is 0.492 e. The van der Waals surface area contributed by atoms with E-state index in [1.54, 1.807) is 18.4 Å². The molecule has 6 nitrogen and oxygen atoms in total. The van der Waals surface area contributed by atoms with Gasteiger partial charge in [-0.05, 0) is 23.8 Å². The Hall–Kier alpha value is -2.51.